The van der Waals surface area contributed by atoms with Crippen molar-refractivity contribution in [3.8, 4) is 17.4 Å². The molecule has 0 radical (unpaired) electrons. The predicted octanol–water partition coefficient (Wildman–Crippen LogP) is 6.61. The first kappa shape index (κ1) is 32.0. The quantitative estimate of drug-likeness (QED) is 0.313. The lowest BCUT2D eigenvalue weighted by atomic mass is 9.73. The monoisotopic (exact) mass is 629 g/mol. The van der Waals surface area contributed by atoms with Gasteiger partial charge in [-0.1, -0.05) is 26.8 Å². The zero-order valence-corrected chi connectivity index (χ0v) is 27.2. The number of carbonyl (C=O) groups is 2. The summed E-state index contributed by atoms with van der Waals surface area (Å²) in [6.45, 7) is 12.0. The first-order valence-corrected chi connectivity index (χ1v) is 15.8. The first-order chi connectivity index (χ1) is 20.7. The van der Waals surface area contributed by atoms with Gasteiger partial charge in [0.25, 0.3) is 0 Å². The SMILES string of the molecule is CC(C)(C)Cc1cnc2c(c1)[C@@H](NC(=O)O[C@H](CCl)C(Cc1ccc3c(c1)OCO3)NC(=O)OC(C)(C)C)CC1(CCC1)O2. The van der Waals surface area contributed by atoms with Gasteiger partial charge in [0.1, 0.15) is 17.3 Å². The van der Waals surface area contributed by atoms with Crippen LogP contribution >= 0.6 is 11.6 Å². The van der Waals surface area contributed by atoms with Crippen LogP contribution in [0.15, 0.2) is 30.5 Å². The molecule has 1 fully saturated rings. The molecule has 2 N–H and O–H groups in total. The van der Waals surface area contributed by atoms with E-state index in [0.717, 1.165) is 42.4 Å². The summed E-state index contributed by atoms with van der Waals surface area (Å²) in [6, 6.07) is 6.58. The van der Waals surface area contributed by atoms with E-state index in [1.807, 2.05) is 24.4 Å². The number of nitrogens with one attached hydrogen (secondary N) is 2. The van der Waals surface area contributed by atoms with Crippen LogP contribution in [-0.4, -0.2) is 53.2 Å². The Labute approximate surface area is 264 Å². The molecule has 2 amide bonds. The third kappa shape index (κ3) is 8.00. The van der Waals surface area contributed by atoms with Crippen molar-refractivity contribution in [3.05, 3.63) is 47.2 Å². The molecule has 0 bridgehead atoms. The normalized spacial score (nSPS) is 19.6. The maximum atomic E-state index is 13.5. The molecule has 1 saturated carbocycles. The lowest BCUT2D eigenvalue weighted by Gasteiger charge is -2.47. The van der Waals surface area contributed by atoms with Crippen molar-refractivity contribution >= 4 is 23.8 Å². The standard InChI is InChI=1S/C33H44ClN3O7/c1-31(2,3)15-21-12-22-24(16-33(10-7-11-33)43-28(22)35-18-21)37-29(38)42-27(17-34)23(36-30(39)44-32(4,5)6)13-20-8-9-25-26(14-20)41-19-40-25/h8-9,12,14,18,23-24,27H,7,10-11,13,15-17,19H2,1-6H3,(H,36,39)(H,37,38)/t23?,24-,27+/m0/s1. The molecule has 1 aromatic carbocycles. The number of fused-ring (bicyclic) bond motifs is 2. The van der Waals surface area contributed by atoms with E-state index in [0.29, 0.717) is 30.2 Å². The molecule has 0 saturated heterocycles. The van der Waals surface area contributed by atoms with Crippen molar-refractivity contribution in [1.29, 1.82) is 0 Å². The number of rotatable bonds is 8. The van der Waals surface area contributed by atoms with Crippen LogP contribution in [0.4, 0.5) is 9.59 Å². The topological polar surface area (TPSA) is 117 Å². The minimum absolute atomic E-state index is 0.0516. The Morgan fingerprint density at radius 1 is 1.07 bits per heavy atom. The van der Waals surface area contributed by atoms with E-state index < -0.39 is 29.9 Å². The van der Waals surface area contributed by atoms with Crippen molar-refractivity contribution in [2.75, 3.05) is 12.7 Å². The summed E-state index contributed by atoms with van der Waals surface area (Å²) < 4.78 is 28.8. The summed E-state index contributed by atoms with van der Waals surface area (Å²) in [7, 11) is 0. The molecule has 1 unspecified atom stereocenters. The van der Waals surface area contributed by atoms with E-state index >= 15 is 0 Å². The number of hydrogen-bond acceptors (Lipinski definition) is 8. The third-order valence-electron chi connectivity index (χ3n) is 7.95. The van der Waals surface area contributed by atoms with Gasteiger partial charge in [0, 0.05) is 18.2 Å². The number of hydrogen-bond donors (Lipinski definition) is 2. The fraction of sp³-hybridized carbons (Fsp3) is 0.606. The summed E-state index contributed by atoms with van der Waals surface area (Å²) in [4.78, 5) is 31.0. The number of carbonyl (C=O) groups excluding carboxylic acids is 2. The van der Waals surface area contributed by atoms with Crippen LogP contribution in [0.25, 0.3) is 0 Å². The lowest BCUT2D eigenvalue weighted by molar-refractivity contribution is -0.0411. The Kier molecular flexibility index (Phi) is 9.12. The highest BCUT2D eigenvalue weighted by Crippen LogP contribution is 2.48. The highest BCUT2D eigenvalue weighted by molar-refractivity contribution is 6.18. The molecule has 240 valence electrons. The molecule has 3 heterocycles. The largest absolute Gasteiger partial charge is 0.471 e. The van der Waals surface area contributed by atoms with Crippen molar-refractivity contribution < 1.29 is 33.3 Å². The van der Waals surface area contributed by atoms with E-state index in [4.69, 9.17) is 35.3 Å². The number of amides is 2. The van der Waals surface area contributed by atoms with Gasteiger partial charge >= 0.3 is 12.2 Å². The summed E-state index contributed by atoms with van der Waals surface area (Å²) in [5.41, 5.74) is 1.79. The number of pyridine rings is 1. The second kappa shape index (κ2) is 12.5. The number of aromatic nitrogens is 1. The van der Waals surface area contributed by atoms with Crippen molar-refractivity contribution in [1.82, 2.24) is 15.6 Å². The van der Waals surface area contributed by atoms with Gasteiger partial charge in [-0.25, -0.2) is 14.6 Å². The zero-order chi connectivity index (χ0) is 31.7. The maximum absolute atomic E-state index is 13.5. The molecule has 1 aliphatic carbocycles. The molecule has 5 rings (SSSR count). The predicted molar refractivity (Wildman–Crippen MR) is 166 cm³/mol. The molecule has 2 aliphatic heterocycles. The molecule has 11 heteroatoms. The molecule has 1 aromatic heterocycles. The van der Waals surface area contributed by atoms with Gasteiger partial charge in [-0.3, -0.25) is 0 Å². The fourth-order valence-electron chi connectivity index (χ4n) is 5.88. The van der Waals surface area contributed by atoms with Gasteiger partial charge < -0.3 is 34.3 Å². The van der Waals surface area contributed by atoms with Crippen LogP contribution in [-0.2, 0) is 22.3 Å². The zero-order valence-electron chi connectivity index (χ0n) is 26.5. The molecule has 3 aliphatic rings. The van der Waals surface area contributed by atoms with E-state index in [2.05, 4.69) is 42.5 Å². The van der Waals surface area contributed by atoms with Gasteiger partial charge in [-0.2, -0.15) is 0 Å². The number of ether oxygens (including phenoxy) is 5. The van der Waals surface area contributed by atoms with Crippen LogP contribution in [0.1, 0.15) is 90.0 Å². The van der Waals surface area contributed by atoms with Crippen LogP contribution in [0.3, 0.4) is 0 Å². The van der Waals surface area contributed by atoms with E-state index in [1.165, 1.54) is 0 Å². The Hall–Kier alpha value is -3.40. The molecule has 10 nitrogen and oxygen atoms in total. The highest BCUT2D eigenvalue weighted by atomic mass is 35.5. The smallest absolute Gasteiger partial charge is 0.408 e. The highest BCUT2D eigenvalue weighted by Gasteiger charge is 2.47. The molecular weight excluding hydrogens is 586 g/mol. The van der Waals surface area contributed by atoms with Crippen LogP contribution < -0.4 is 24.8 Å². The Balaban J connectivity index is 1.34. The Morgan fingerprint density at radius 2 is 1.82 bits per heavy atom. The van der Waals surface area contributed by atoms with Gasteiger partial charge in [-0.05, 0) is 87.6 Å². The molecule has 3 atom stereocenters. The molecule has 1 spiro atoms. The average Bonchev–Trinajstić information content (AvgIpc) is 3.36. The van der Waals surface area contributed by atoms with Crippen LogP contribution in [0, 0.1) is 5.41 Å². The second-order valence-electron chi connectivity index (χ2n) is 14.3. The first-order valence-electron chi connectivity index (χ1n) is 15.3. The van der Waals surface area contributed by atoms with Gasteiger partial charge in [0.15, 0.2) is 11.5 Å². The number of alkyl halides is 1. The summed E-state index contributed by atoms with van der Waals surface area (Å²) in [6.07, 6.45) is 4.39. The fourth-order valence-corrected chi connectivity index (χ4v) is 6.16. The van der Waals surface area contributed by atoms with E-state index in [-0.39, 0.29) is 29.7 Å². The maximum Gasteiger partial charge on any atom is 0.408 e. The Morgan fingerprint density at radius 3 is 2.48 bits per heavy atom. The van der Waals surface area contributed by atoms with Crippen LogP contribution in [0.5, 0.6) is 17.4 Å². The van der Waals surface area contributed by atoms with Crippen LogP contribution in [0.2, 0.25) is 0 Å². The molecule has 2 aromatic rings. The number of benzene rings is 1. The van der Waals surface area contributed by atoms with E-state index in [1.54, 1.807) is 20.8 Å². The summed E-state index contributed by atoms with van der Waals surface area (Å²) >= 11 is 6.39. The number of nitrogens with zero attached hydrogens (tertiary/aromatic N) is 1. The second-order valence-corrected chi connectivity index (χ2v) is 14.6. The van der Waals surface area contributed by atoms with Gasteiger partial charge in [0.2, 0.25) is 12.7 Å². The van der Waals surface area contributed by atoms with E-state index in [9.17, 15) is 9.59 Å². The van der Waals surface area contributed by atoms with Gasteiger partial charge in [-0.15, -0.1) is 11.6 Å². The molecule has 44 heavy (non-hydrogen) atoms. The summed E-state index contributed by atoms with van der Waals surface area (Å²) in [5, 5.41) is 5.95. The number of halogens is 1. The van der Waals surface area contributed by atoms with Crippen molar-refractivity contribution in [3.63, 3.8) is 0 Å². The number of alkyl carbamates (subject to hydrolysis) is 2. The van der Waals surface area contributed by atoms with Crippen molar-refractivity contribution in [2.45, 2.75) is 109 Å². The minimum Gasteiger partial charge on any atom is -0.471 e. The van der Waals surface area contributed by atoms with Crippen molar-refractivity contribution in [2.24, 2.45) is 5.41 Å². The molecular formula is C33H44ClN3O7. The Bertz CT molecular complexity index is 1370. The average molecular weight is 630 g/mol. The summed E-state index contributed by atoms with van der Waals surface area (Å²) in [5.74, 6) is 1.77. The third-order valence-corrected chi connectivity index (χ3v) is 8.25. The minimum atomic E-state index is -0.864. The van der Waals surface area contributed by atoms with Gasteiger partial charge in [0.05, 0.1) is 18.0 Å². The lowest BCUT2D eigenvalue weighted by Crippen LogP contribution is -2.52.